The van der Waals surface area contributed by atoms with E-state index in [2.05, 4.69) is 21.4 Å². The third-order valence-electron chi connectivity index (χ3n) is 5.86. The van der Waals surface area contributed by atoms with Crippen LogP contribution in [0.25, 0.3) is 22.2 Å². The van der Waals surface area contributed by atoms with E-state index in [1.54, 1.807) is 17.0 Å². The standard InChI is InChI=1S/C24H21N5O2/c30-24-12-18(31-15-16-1-4-23-26-8-10-28(23)14-16)6-9-29(24)17-2-3-19-20-5-7-25-13-22(20)27-21(19)11-17/h1-4,6,8-12,14,25,27H,5,7,13,15H2. The number of hydrogen-bond donors (Lipinski definition) is 2. The van der Waals surface area contributed by atoms with Crippen molar-refractivity contribution < 1.29 is 4.74 Å². The molecule has 0 saturated carbocycles. The minimum Gasteiger partial charge on any atom is -0.489 e. The van der Waals surface area contributed by atoms with Gasteiger partial charge in [-0.2, -0.15) is 0 Å². The summed E-state index contributed by atoms with van der Waals surface area (Å²) in [5.74, 6) is 0.550. The first kappa shape index (κ1) is 18.0. The third-order valence-corrected chi connectivity index (χ3v) is 5.86. The number of aromatic nitrogens is 4. The predicted molar refractivity (Wildman–Crippen MR) is 119 cm³/mol. The SMILES string of the molecule is O=c1cc(OCc2ccc3nccn3c2)ccn1-c1ccc2c3c([nH]c2c1)CNCC3. The van der Waals surface area contributed by atoms with Gasteiger partial charge in [-0.3, -0.25) is 9.36 Å². The molecule has 31 heavy (non-hydrogen) atoms. The maximum atomic E-state index is 12.8. The molecule has 0 saturated heterocycles. The summed E-state index contributed by atoms with van der Waals surface area (Å²) < 4.78 is 9.44. The number of benzene rings is 1. The molecule has 5 heterocycles. The van der Waals surface area contributed by atoms with Crippen molar-refractivity contribution >= 4 is 16.6 Å². The Morgan fingerprint density at radius 3 is 3.00 bits per heavy atom. The topological polar surface area (TPSA) is 76.3 Å². The molecule has 0 amide bonds. The van der Waals surface area contributed by atoms with E-state index in [-0.39, 0.29) is 5.56 Å². The summed E-state index contributed by atoms with van der Waals surface area (Å²) in [5.41, 5.74) is 6.29. The first-order valence-electron chi connectivity index (χ1n) is 10.4. The van der Waals surface area contributed by atoms with E-state index in [4.69, 9.17) is 4.74 Å². The maximum absolute atomic E-state index is 12.8. The van der Waals surface area contributed by atoms with Crippen molar-refractivity contribution in [1.29, 1.82) is 0 Å². The molecule has 154 valence electrons. The minimum atomic E-state index is -0.125. The second-order valence-electron chi connectivity index (χ2n) is 7.83. The predicted octanol–water partition coefficient (Wildman–Crippen LogP) is 3.19. The van der Waals surface area contributed by atoms with E-state index in [0.29, 0.717) is 12.4 Å². The number of H-pyrrole nitrogens is 1. The van der Waals surface area contributed by atoms with Crippen LogP contribution in [0.3, 0.4) is 0 Å². The summed E-state index contributed by atoms with van der Waals surface area (Å²) in [6.45, 7) is 2.24. The zero-order chi connectivity index (χ0) is 20.8. The van der Waals surface area contributed by atoms with Gasteiger partial charge in [0, 0.05) is 59.6 Å². The van der Waals surface area contributed by atoms with E-state index in [1.807, 2.05) is 47.1 Å². The van der Waals surface area contributed by atoms with E-state index < -0.39 is 0 Å². The molecule has 0 atom stereocenters. The summed E-state index contributed by atoms with van der Waals surface area (Å²) >= 11 is 0. The van der Waals surface area contributed by atoms with Gasteiger partial charge >= 0.3 is 0 Å². The normalized spacial score (nSPS) is 13.5. The summed E-state index contributed by atoms with van der Waals surface area (Å²) in [4.78, 5) is 20.5. The van der Waals surface area contributed by atoms with Gasteiger partial charge in [-0.1, -0.05) is 12.1 Å². The molecule has 1 aliphatic heterocycles. The Balaban J connectivity index is 1.25. The summed E-state index contributed by atoms with van der Waals surface area (Å²) in [6, 6.07) is 13.4. The fourth-order valence-electron chi connectivity index (χ4n) is 4.29. The summed E-state index contributed by atoms with van der Waals surface area (Å²) in [6.07, 6.45) is 8.42. The van der Waals surface area contributed by atoms with Crippen LogP contribution in [0.4, 0.5) is 0 Å². The number of hydrogen-bond acceptors (Lipinski definition) is 4. The van der Waals surface area contributed by atoms with Crippen molar-refractivity contribution in [3.63, 3.8) is 0 Å². The van der Waals surface area contributed by atoms with Gasteiger partial charge in [0.05, 0.1) is 5.69 Å². The van der Waals surface area contributed by atoms with Gasteiger partial charge in [-0.25, -0.2) is 4.98 Å². The Morgan fingerprint density at radius 1 is 1.10 bits per heavy atom. The molecular formula is C24H21N5O2. The molecule has 1 aliphatic rings. The average molecular weight is 411 g/mol. The van der Waals surface area contributed by atoms with Crippen LogP contribution in [-0.2, 0) is 19.6 Å². The third kappa shape index (κ3) is 3.19. The van der Waals surface area contributed by atoms with Crippen molar-refractivity contribution in [3.8, 4) is 11.4 Å². The van der Waals surface area contributed by atoms with Gasteiger partial charge < -0.3 is 19.4 Å². The first-order chi connectivity index (χ1) is 15.2. The van der Waals surface area contributed by atoms with E-state index in [0.717, 1.165) is 41.9 Å². The Morgan fingerprint density at radius 2 is 2.06 bits per heavy atom. The van der Waals surface area contributed by atoms with E-state index in [1.165, 1.54) is 22.7 Å². The van der Waals surface area contributed by atoms with Crippen LogP contribution in [0.2, 0.25) is 0 Å². The largest absolute Gasteiger partial charge is 0.489 e. The zero-order valence-corrected chi connectivity index (χ0v) is 16.8. The molecule has 0 spiro atoms. The van der Waals surface area contributed by atoms with Crippen molar-refractivity contribution in [2.24, 2.45) is 0 Å². The molecule has 0 bridgehead atoms. The first-order valence-corrected chi connectivity index (χ1v) is 10.4. The van der Waals surface area contributed by atoms with Crippen LogP contribution >= 0.6 is 0 Å². The van der Waals surface area contributed by atoms with Gasteiger partial charge in [-0.05, 0) is 42.8 Å². The van der Waals surface area contributed by atoms with Gasteiger partial charge in [0.25, 0.3) is 5.56 Å². The fourth-order valence-corrected chi connectivity index (χ4v) is 4.29. The highest BCUT2D eigenvalue weighted by Crippen LogP contribution is 2.26. The molecule has 7 nitrogen and oxygen atoms in total. The summed E-state index contributed by atoms with van der Waals surface area (Å²) in [5, 5.41) is 4.63. The van der Waals surface area contributed by atoms with E-state index >= 15 is 0 Å². The van der Waals surface area contributed by atoms with Crippen molar-refractivity contribution in [3.05, 3.63) is 94.4 Å². The lowest BCUT2D eigenvalue weighted by Crippen LogP contribution is -2.22. The molecule has 6 rings (SSSR count). The minimum absolute atomic E-state index is 0.125. The van der Waals surface area contributed by atoms with Crippen LogP contribution in [0.5, 0.6) is 5.75 Å². The van der Waals surface area contributed by atoms with Gasteiger partial charge in [0.2, 0.25) is 0 Å². The van der Waals surface area contributed by atoms with Gasteiger partial charge in [0.1, 0.15) is 18.0 Å². The number of imidazole rings is 1. The van der Waals surface area contributed by atoms with Crippen molar-refractivity contribution in [1.82, 2.24) is 24.3 Å². The lowest BCUT2D eigenvalue weighted by atomic mass is 10.0. The molecule has 2 N–H and O–H groups in total. The average Bonchev–Trinajstić information content (AvgIpc) is 3.41. The zero-order valence-electron chi connectivity index (χ0n) is 16.8. The van der Waals surface area contributed by atoms with Gasteiger partial charge in [0.15, 0.2) is 0 Å². The smallest absolute Gasteiger partial charge is 0.258 e. The molecule has 0 fully saturated rings. The molecular weight excluding hydrogens is 390 g/mol. The second-order valence-corrected chi connectivity index (χ2v) is 7.83. The Kier molecular flexibility index (Phi) is 4.14. The number of nitrogens with zero attached hydrogens (tertiary/aromatic N) is 3. The summed E-state index contributed by atoms with van der Waals surface area (Å²) in [7, 11) is 0. The molecule has 1 aromatic carbocycles. The van der Waals surface area contributed by atoms with E-state index in [9.17, 15) is 4.79 Å². The lowest BCUT2D eigenvalue weighted by molar-refractivity contribution is 0.304. The second kappa shape index (κ2) is 7.14. The number of nitrogens with one attached hydrogen (secondary N) is 2. The van der Waals surface area contributed by atoms with Crippen LogP contribution in [0, 0.1) is 0 Å². The van der Waals surface area contributed by atoms with Gasteiger partial charge in [-0.15, -0.1) is 0 Å². The van der Waals surface area contributed by atoms with Crippen molar-refractivity contribution in [2.75, 3.05) is 6.54 Å². The Bertz CT molecular complexity index is 1480. The molecule has 4 aromatic heterocycles. The van der Waals surface area contributed by atoms with Crippen molar-refractivity contribution in [2.45, 2.75) is 19.6 Å². The molecule has 7 heteroatoms. The monoisotopic (exact) mass is 411 g/mol. The number of fused-ring (bicyclic) bond motifs is 4. The number of rotatable bonds is 4. The van der Waals surface area contributed by atoms with Crippen LogP contribution in [-0.4, -0.2) is 25.5 Å². The molecule has 0 aliphatic carbocycles. The molecule has 5 aromatic rings. The Hall–Kier alpha value is -3.84. The highest BCUT2D eigenvalue weighted by Gasteiger charge is 2.15. The number of pyridine rings is 2. The number of aromatic amines is 1. The van der Waals surface area contributed by atoms with Crippen LogP contribution in [0.1, 0.15) is 16.8 Å². The number of ether oxygens (including phenoxy) is 1. The quantitative estimate of drug-likeness (QED) is 0.476. The fraction of sp³-hybridized carbons (Fsp3) is 0.167. The Labute approximate surface area is 177 Å². The highest BCUT2D eigenvalue weighted by molar-refractivity contribution is 5.86. The highest BCUT2D eigenvalue weighted by atomic mass is 16.5. The molecule has 0 unspecified atom stereocenters. The lowest BCUT2D eigenvalue weighted by Gasteiger charge is -2.12. The van der Waals surface area contributed by atoms with Crippen LogP contribution < -0.4 is 15.6 Å². The van der Waals surface area contributed by atoms with Crippen LogP contribution in [0.15, 0.2) is 72.0 Å². The maximum Gasteiger partial charge on any atom is 0.258 e. The molecule has 0 radical (unpaired) electrons.